The van der Waals surface area contributed by atoms with Gasteiger partial charge in [0.1, 0.15) is 17.6 Å². The highest BCUT2D eigenvalue weighted by Crippen LogP contribution is 2.51. The summed E-state index contributed by atoms with van der Waals surface area (Å²) in [7, 11) is 0. The van der Waals surface area contributed by atoms with Crippen LogP contribution in [0.4, 0.5) is 0 Å². The van der Waals surface area contributed by atoms with Crippen molar-refractivity contribution in [3.63, 3.8) is 0 Å². The van der Waals surface area contributed by atoms with Gasteiger partial charge < -0.3 is 14.6 Å². The first-order chi connectivity index (χ1) is 12.4. The molecule has 0 radical (unpaired) electrons. The van der Waals surface area contributed by atoms with Crippen molar-refractivity contribution in [2.75, 3.05) is 6.61 Å². The average molecular weight is 360 g/mol. The largest absolute Gasteiger partial charge is 0.489 e. The third-order valence-electron chi connectivity index (χ3n) is 5.99. The van der Waals surface area contributed by atoms with Gasteiger partial charge in [-0.1, -0.05) is 46.5 Å². The minimum Gasteiger partial charge on any atom is -0.489 e. The van der Waals surface area contributed by atoms with Crippen molar-refractivity contribution in [2.24, 2.45) is 0 Å². The first-order valence-corrected chi connectivity index (χ1v) is 10.1. The molecule has 4 heteroatoms. The van der Waals surface area contributed by atoms with Crippen LogP contribution in [0.25, 0.3) is 0 Å². The van der Waals surface area contributed by atoms with E-state index < -0.39 is 5.97 Å². The van der Waals surface area contributed by atoms with E-state index in [1.165, 1.54) is 37.7 Å². The molecule has 1 aromatic rings. The Morgan fingerprint density at radius 1 is 1.27 bits per heavy atom. The van der Waals surface area contributed by atoms with Gasteiger partial charge in [0.05, 0.1) is 0 Å². The lowest BCUT2D eigenvalue weighted by Gasteiger charge is -2.27. The molecule has 2 unspecified atom stereocenters. The summed E-state index contributed by atoms with van der Waals surface area (Å²) in [6, 6.07) is 4.27. The molecule has 1 N–H and O–H groups in total. The number of carbonyl (C=O) groups is 1. The molecule has 4 nitrogen and oxygen atoms in total. The highest BCUT2D eigenvalue weighted by Gasteiger charge is 2.39. The molecule has 1 saturated carbocycles. The Labute approximate surface area is 156 Å². The van der Waals surface area contributed by atoms with Gasteiger partial charge in [0, 0.05) is 11.5 Å². The molecule has 1 heterocycles. The first kappa shape index (κ1) is 19.1. The average Bonchev–Trinajstić information content (AvgIpc) is 2.98. The van der Waals surface area contributed by atoms with E-state index in [4.69, 9.17) is 14.6 Å². The fourth-order valence-electron chi connectivity index (χ4n) is 4.41. The third kappa shape index (κ3) is 3.99. The van der Waals surface area contributed by atoms with Crippen LogP contribution in [-0.4, -0.2) is 23.8 Å². The van der Waals surface area contributed by atoms with Crippen LogP contribution in [0.1, 0.15) is 89.2 Å². The van der Waals surface area contributed by atoms with Crippen molar-refractivity contribution >= 4 is 5.97 Å². The normalized spacial score (nSPS) is 21.7. The molecule has 2 atom stereocenters. The van der Waals surface area contributed by atoms with Crippen LogP contribution in [0, 0.1) is 0 Å². The van der Waals surface area contributed by atoms with Gasteiger partial charge in [0.25, 0.3) is 0 Å². The summed E-state index contributed by atoms with van der Waals surface area (Å²) in [5.41, 5.74) is 2.30. The monoisotopic (exact) mass is 360 g/mol. The molecule has 0 saturated heterocycles. The molecule has 1 aliphatic carbocycles. The standard InChI is InChI=1S/C22H32O4/c1-4-5-8-11-22(2,3)15-12-18(25-14-20(23)24)21-16-9-6-7-10-17(16)26-19(21)13-15/h12-13,16-17H,4-11,14H2,1-3H3,(H,23,24). The molecule has 1 aliphatic heterocycles. The lowest BCUT2D eigenvalue weighted by molar-refractivity contribution is -0.139. The van der Waals surface area contributed by atoms with Crippen molar-refractivity contribution in [1.29, 1.82) is 0 Å². The second kappa shape index (κ2) is 7.89. The fraction of sp³-hybridized carbons (Fsp3) is 0.682. The van der Waals surface area contributed by atoms with Gasteiger partial charge in [-0.2, -0.15) is 0 Å². The number of benzene rings is 1. The van der Waals surface area contributed by atoms with Crippen molar-refractivity contribution in [3.05, 3.63) is 23.3 Å². The Morgan fingerprint density at radius 2 is 2.04 bits per heavy atom. The Balaban J connectivity index is 1.93. The highest BCUT2D eigenvalue weighted by atomic mass is 16.5. The maximum atomic E-state index is 11.1. The summed E-state index contributed by atoms with van der Waals surface area (Å²) in [4.78, 5) is 11.1. The summed E-state index contributed by atoms with van der Waals surface area (Å²) in [6.45, 7) is 6.43. The van der Waals surface area contributed by atoms with E-state index in [-0.39, 0.29) is 18.1 Å². The second-order valence-electron chi connectivity index (χ2n) is 8.46. The Kier molecular flexibility index (Phi) is 5.79. The number of hydrogen-bond donors (Lipinski definition) is 1. The van der Waals surface area contributed by atoms with Gasteiger partial charge in [0.15, 0.2) is 6.61 Å². The van der Waals surface area contributed by atoms with Gasteiger partial charge in [-0.15, -0.1) is 0 Å². The van der Waals surface area contributed by atoms with Crippen molar-refractivity contribution in [1.82, 2.24) is 0 Å². The molecule has 0 amide bonds. The molecule has 2 aliphatic rings. The maximum absolute atomic E-state index is 11.1. The minimum absolute atomic E-state index is 0.0165. The molecule has 26 heavy (non-hydrogen) atoms. The molecule has 144 valence electrons. The van der Waals surface area contributed by atoms with Crippen LogP contribution in [0.3, 0.4) is 0 Å². The van der Waals surface area contributed by atoms with E-state index in [0.717, 1.165) is 36.3 Å². The predicted octanol–water partition coefficient (Wildman–Crippen LogP) is 5.43. The highest BCUT2D eigenvalue weighted by molar-refractivity contribution is 5.69. The number of hydrogen-bond acceptors (Lipinski definition) is 3. The van der Waals surface area contributed by atoms with Crippen molar-refractivity contribution in [2.45, 2.75) is 89.6 Å². The van der Waals surface area contributed by atoms with Gasteiger partial charge in [-0.3, -0.25) is 0 Å². The number of fused-ring (bicyclic) bond motifs is 3. The number of unbranched alkanes of at least 4 members (excludes halogenated alkanes) is 2. The molecular formula is C22H32O4. The minimum atomic E-state index is -0.939. The first-order valence-electron chi connectivity index (χ1n) is 10.1. The van der Waals surface area contributed by atoms with Gasteiger partial charge in [0.2, 0.25) is 0 Å². The Bertz CT molecular complexity index is 650. The lowest BCUT2D eigenvalue weighted by atomic mass is 9.78. The van der Waals surface area contributed by atoms with Crippen molar-refractivity contribution < 1.29 is 19.4 Å². The van der Waals surface area contributed by atoms with Crippen LogP contribution >= 0.6 is 0 Å². The van der Waals surface area contributed by atoms with Crippen LogP contribution in [0.15, 0.2) is 12.1 Å². The number of carboxylic acid groups (broad SMARTS) is 1. The van der Waals surface area contributed by atoms with E-state index in [9.17, 15) is 4.79 Å². The van der Waals surface area contributed by atoms with Crippen LogP contribution in [-0.2, 0) is 10.2 Å². The number of rotatable bonds is 8. The zero-order valence-corrected chi connectivity index (χ0v) is 16.3. The topological polar surface area (TPSA) is 55.8 Å². The number of carboxylic acids is 1. The number of ether oxygens (including phenoxy) is 2. The van der Waals surface area contributed by atoms with Crippen LogP contribution in [0.2, 0.25) is 0 Å². The summed E-state index contributed by atoms with van der Waals surface area (Å²) in [5.74, 6) is 1.05. The molecule has 0 aromatic heterocycles. The van der Waals surface area contributed by atoms with E-state index in [2.05, 4.69) is 32.9 Å². The molecule has 1 aromatic carbocycles. The summed E-state index contributed by atoms with van der Waals surface area (Å²) >= 11 is 0. The quantitative estimate of drug-likeness (QED) is 0.628. The molecule has 0 spiro atoms. The lowest BCUT2D eigenvalue weighted by Crippen LogP contribution is -2.22. The molecule has 3 rings (SSSR count). The zero-order chi connectivity index (χ0) is 18.7. The fourth-order valence-corrected chi connectivity index (χ4v) is 4.41. The van der Waals surface area contributed by atoms with E-state index in [0.29, 0.717) is 5.92 Å². The van der Waals surface area contributed by atoms with E-state index in [1.54, 1.807) is 0 Å². The van der Waals surface area contributed by atoms with E-state index in [1.807, 2.05) is 0 Å². The molecular weight excluding hydrogens is 328 g/mol. The van der Waals surface area contributed by atoms with Gasteiger partial charge >= 0.3 is 5.97 Å². The number of aliphatic carboxylic acids is 1. The Morgan fingerprint density at radius 3 is 2.77 bits per heavy atom. The summed E-state index contributed by atoms with van der Waals surface area (Å²) in [5, 5.41) is 9.07. The maximum Gasteiger partial charge on any atom is 0.341 e. The summed E-state index contributed by atoms with van der Waals surface area (Å²) < 4.78 is 12.0. The van der Waals surface area contributed by atoms with Crippen LogP contribution < -0.4 is 9.47 Å². The van der Waals surface area contributed by atoms with Gasteiger partial charge in [-0.05, 0) is 48.8 Å². The third-order valence-corrected chi connectivity index (χ3v) is 5.99. The predicted molar refractivity (Wildman–Crippen MR) is 102 cm³/mol. The van der Waals surface area contributed by atoms with E-state index >= 15 is 0 Å². The van der Waals surface area contributed by atoms with Crippen molar-refractivity contribution in [3.8, 4) is 11.5 Å². The Hall–Kier alpha value is -1.71. The smallest absolute Gasteiger partial charge is 0.341 e. The second-order valence-corrected chi connectivity index (χ2v) is 8.46. The molecule has 0 bridgehead atoms. The SMILES string of the molecule is CCCCCC(C)(C)c1cc(OCC(=O)O)c2c(c1)OC1CCCCC21. The zero-order valence-electron chi connectivity index (χ0n) is 16.3. The van der Waals surface area contributed by atoms with Gasteiger partial charge in [-0.25, -0.2) is 4.79 Å². The summed E-state index contributed by atoms with van der Waals surface area (Å²) in [6.07, 6.45) is 9.54. The van der Waals surface area contributed by atoms with Crippen LogP contribution in [0.5, 0.6) is 11.5 Å². The molecule has 1 fully saturated rings.